The highest BCUT2D eigenvalue weighted by molar-refractivity contribution is 5.21. The van der Waals surface area contributed by atoms with E-state index >= 15 is 0 Å². The van der Waals surface area contributed by atoms with Gasteiger partial charge in [0.15, 0.2) is 0 Å². The lowest BCUT2D eigenvalue weighted by atomic mass is 9.99. The first-order valence-electron chi connectivity index (χ1n) is 5.77. The van der Waals surface area contributed by atoms with Crippen molar-refractivity contribution in [1.29, 1.82) is 0 Å². The molecule has 0 heterocycles. The molecule has 2 unspecified atom stereocenters. The number of likely N-dealkylation sites (N-methyl/N-ethyl adjacent to an activating group) is 1. The molecule has 0 saturated carbocycles. The second-order valence-corrected chi connectivity index (χ2v) is 4.34. The Balaban J connectivity index is 2.89. The molecule has 0 spiro atoms. The lowest BCUT2D eigenvalue weighted by Gasteiger charge is -2.31. The van der Waals surface area contributed by atoms with Gasteiger partial charge in [-0.3, -0.25) is 4.90 Å². The number of halogens is 1. The zero-order chi connectivity index (χ0) is 12.1. The number of rotatable bonds is 5. The van der Waals surface area contributed by atoms with E-state index in [1.165, 1.54) is 12.1 Å². The normalized spacial score (nSPS) is 15.1. The molecular formula is C13H21FN2. The summed E-state index contributed by atoms with van der Waals surface area (Å²) in [6, 6.07) is 6.79. The van der Waals surface area contributed by atoms with Gasteiger partial charge in [-0.05, 0) is 44.6 Å². The van der Waals surface area contributed by atoms with E-state index in [9.17, 15) is 4.39 Å². The van der Waals surface area contributed by atoms with E-state index < -0.39 is 0 Å². The van der Waals surface area contributed by atoms with Crippen LogP contribution in [-0.4, -0.2) is 24.5 Å². The van der Waals surface area contributed by atoms with Gasteiger partial charge in [0.2, 0.25) is 0 Å². The van der Waals surface area contributed by atoms with Crippen LogP contribution in [0.25, 0.3) is 0 Å². The first-order valence-corrected chi connectivity index (χ1v) is 5.77. The zero-order valence-corrected chi connectivity index (χ0v) is 10.3. The van der Waals surface area contributed by atoms with Crippen molar-refractivity contribution in [2.75, 3.05) is 13.6 Å². The summed E-state index contributed by atoms with van der Waals surface area (Å²) >= 11 is 0. The molecule has 1 aromatic rings. The first-order chi connectivity index (χ1) is 7.56. The van der Waals surface area contributed by atoms with Crippen LogP contribution in [0.15, 0.2) is 24.3 Å². The Morgan fingerprint density at radius 2 is 1.88 bits per heavy atom. The van der Waals surface area contributed by atoms with Crippen molar-refractivity contribution in [1.82, 2.24) is 4.90 Å². The maximum atomic E-state index is 12.9. The predicted molar refractivity (Wildman–Crippen MR) is 65.7 cm³/mol. The van der Waals surface area contributed by atoms with E-state index in [1.54, 1.807) is 0 Å². The van der Waals surface area contributed by atoms with Gasteiger partial charge in [0.1, 0.15) is 5.82 Å². The SMILES string of the molecule is CCCN(C)C(c1ccc(F)cc1)C(C)N. The first kappa shape index (κ1) is 13.1. The summed E-state index contributed by atoms with van der Waals surface area (Å²) in [6.07, 6.45) is 1.08. The molecule has 0 radical (unpaired) electrons. The highest BCUT2D eigenvalue weighted by atomic mass is 19.1. The van der Waals surface area contributed by atoms with Gasteiger partial charge in [-0.15, -0.1) is 0 Å². The average molecular weight is 224 g/mol. The van der Waals surface area contributed by atoms with Crippen LogP contribution < -0.4 is 5.73 Å². The third-order valence-corrected chi connectivity index (χ3v) is 2.76. The van der Waals surface area contributed by atoms with Crippen molar-refractivity contribution in [3.05, 3.63) is 35.6 Å². The van der Waals surface area contributed by atoms with E-state index in [-0.39, 0.29) is 17.9 Å². The lowest BCUT2D eigenvalue weighted by Crippen LogP contribution is -2.37. The summed E-state index contributed by atoms with van der Waals surface area (Å²) in [5.74, 6) is -0.203. The molecule has 1 aromatic carbocycles. The van der Waals surface area contributed by atoms with E-state index in [2.05, 4.69) is 18.9 Å². The van der Waals surface area contributed by atoms with E-state index in [4.69, 9.17) is 5.73 Å². The van der Waals surface area contributed by atoms with Crippen LogP contribution in [0.3, 0.4) is 0 Å². The smallest absolute Gasteiger partial charge is 0.123 e. The van der Waals surface area contributed by atoms with Crippen LogP contribution in [0.1, 0.15) is 31.9 Å². The monoisotopic (exact) mass is 224 g/mol. The molecule has 2 N–H and O–H groups in total. The Kier molecular flexibility index (Phi) is 4.90. The van der Waals surface area contributed by atoms with Gasteiger partial charge >= 0.3 is 0 Å². The Hall–Kier alpha value is -0.930. The highest BCUT2D eigenvalue weighted by Gasteiger charge is 2.20. The van der Waals surface area contributed by atoms with E-state index in [0.717, 1.165) is 18.5 Å². The summed E-state index contributed by atoms with van der Waals surface area (Å²) in [7, 11) is 2.06. The third-order valence-electron chi connectivity index (χ3n) is 2.76. The molecule has 2 nitrogen and oxygen atoms in total. The lowest BCUT2D eigenvalue weighted by molar-refractivity contribution is 0.219. The van der Waals surface area contributed by atoms with Crippen molar-refractivity contribution in [2.45, 2.75) is 32.4 Å². The fourth-order valence-corrected chi connectivity index (χ4v) is 2.11. The van der Waals surface area contributed by atoms with Gasteiger partial charge in [-0.2, -0.15) is 0 Å². The maximum Gasteiger partial charge on any atom is 0.123 e. The fraction of sp³-hybridized carbons (Fsp3) is 0.538. The van der Waals surface area contributed by atoms with Crippen LogP contribution in [0.5, 0.6) is 0 Å². The van der Waals surface area contributed by atoms with Crippen molar-refractivity contribution < 1.29 is 4.39 Å². The molecular weight excluding hydrogens is 203 g/mol. The van der Waals surface area contributed by atoms with Gasteiger partial charge in [-0.25, -0.2) is 4.39 Å². The number of hydrogen-bond acceptors (Lipinski definition) is 2. The summed E-state index contributed by atoms with van der Waals surface area (Å²) in [5.41, 5.74) is 7.08. The number of nitrogens with two attached hydrogens (primary N) is 1. The van der Waals surface area contributed by atoms with E-state index in [1.807, 2.05) is 19.1 Å². The number of hydrogen-bond donors (Lipinski definition) is 1. The fourth-order valence-electron chi connectivity index (χ4n) is 2.11. The van der Waals surface area contributed by atoms with Gasteiger partial charge in [0.25, 0.3) is 0 Å². The predicted octanol–water partition coefficient (Wildman–Crippen LogP) is 2.56. The van der Waals surface area contributed by atoms with Crippen LogP contribution in [0, 0.1) is 5.82 Å². The molecule has 0 saturated heterocycles. The summed E-state index contributed by atoms with van der Waals surface area (Å²) in [4.78, 5) is 2.22. The molecule has 0 amide bonds. The van der Waals surface area contributed by atoms with Crippen LogP contribution in [0.2, 0.25) is 0 Å². The molecule has 0 bridgehead atoms. The second-order valence-electron chi connectivity index (χ2n) is 4.34. The van der Waals surface area contributed by atoms with Crippen LogP contribution in [-0.2, 0) is 0 Å². The van der Waals surface area contributed by atoms with Crippen LogP contribution in [0.4, 0.5) is 4.39 Å². The van der Waals surface area contributed by atoms with E-state index in [0.29, 0.717) is 0 Å². The second kappa shape index (κ2) is 5.97. The Labute approximate surface area is 97.3 Å². The minimum absolute atomic E-state index is 0.0296. The molecule has 2 atom stereocenters. The van der Waals surface area contributed by atoms with Crippen molar-refractivity contribution in [3.8, 4) is 0 Å². The summed E-state index contributed by atoms with van der Waals surface area (Å²) in [5, 5.41) is 0. The van der Waals surface area contributed by atoms with Crippen molar-refractivity contribution in [2.24, 2.45) is 5.73 Å². The molecule has 0 aliphatic rings. The Morgan fingerprint density at radius 1 is 1.31 bits per heavy atom. The standard InChI is InChI=1S/C13H21FN2/c1-4-9-16(3)13(10(2)15)11-5-7-12(14)8-6-11/h5-8,10,13H,4,9,15H2,1-3H3. The minimum Gasteiger partial charge on any atom is -0.326 e. The average Bonchev–Trinajstić information content (AvgIpc) is 2.21. The zero-order valence-electron chi connectivity index (χ0n) is 10.3. The maximum absolute atomic E-state index is 12.9. The van der Waals surface area contributed by atoms with Gasteiger partial charge in [0, 0.05) is 12.1 Å². The van der Waals surface area contributed by atoms with Gasteiger partial charge in [-0.1, -0.05) is 19.1 Å². The molecule has 90 valence electrons. The number of nitrogens with zero attached hydrogens (tertiary/aromatic N) is 1. The number of benzene rings is 1. The molecule has 0 aliphatic heterocycles. The Morgan fingerprint density at radius 3 is 2.31 bits per heavy atom. The largest absolute Gasteiger partial charge is 0.326 e. The van der Waals surface area contributed by atoms with Crippen LogP contribution >= 0.6 is 0 Å². The quantitative estimate of drug-likeness (QED) is 0.833. The molecule has 0 aromatic heterocycles. The van der Waals surface area contributed by atoms with Gasteiger partial charge in [0.05, 0.1) is 0 Å². The third kappa shape index (κ3) is 3.29. The molecule has 0 fully saturated rings. The van der Waals surface area contributed by atoms with Gasteiger partial charge < -0.3 is 5.73 Å². The molecule has 0 aliphatic carbocycles. The molecule has 1 rings (SSSR count). The molecule has 3 heteroatoms. The van der Waals surface area contributed by atoms with Crippen molar-refractivity contribution >= 4 is 0 Å². The highest BCUT2D eigenvalue weighted by Crippen LogP contribution is 2.22. The topological polar surface area (TPSA) is 29.3 Å². The summed E-state index contributed by atoms with van der Waals surface area (Å²) < 4.78 is 12.9. The minimum atomic E-state index is -0.203. The van der Waals surface area contributed by atoms with Crippen molar-refractivity contribution in [3.63, 3.8) is 0 Å². The Bertz CT molecular complexity index is 308. The summed E-state index contributed by atoms with van der Waals surface area (Å²) in [6.45, 7) is 5.11. The molecule has 16 heavy (non-hydrogen) atoms.